The Morgan fingerprint density at radius 1 is 1.39 bits per heavy atom. The Hall–Kier alpha value is -2.51. The number of aliphatic carboxylic acids is 1. The predicted molar refractivity (Wildman–Crippen MR) is 78.7 cm³/mol. The molecule has 124 valence electrons. The second-order valence-corrected chi connectivity index (χ2v) is 5.71. The van der Waals surface area contributed by atoms with Gasteiger partial charge in [-0.2, -0.15) is 0 Å². The summed E-state index contributed by atoms with van der Waals surface area (Å²) in [5, 5.41) is 19.9. The standard InChI is InChI=1S/C15H17FN2O5/c1-9-6-11(16)8-12(14(9)18(22)23)15(21)17-4-2-10(3-5-17)7-13(19)20/h6,8,10H,2-5,7H2,1H3,(H,19,20). The van der Waals surface area contributed by atoms with Gasteiger partial charge < -0.3 is 10.0 Å². The zero-order valence-electron chi connectivity index (χ0n) is 12.6. The molecule has 0 bridgehead atoms. The molecule has 0 radical (unpaired) electrons. The van der Waals surface area contributed by atoms with E-state index < -0.39 is 22.6 Å². The van der Waals surface area contributed by atoms with Gasteiger partial charge in [-0.25, -0.2) is 4.39 Å². The molecule has 2 rings (SSSR count). The monoisotopic (exact) mass is 324 g/mol. The molecule has 1 N–H and O–H groups in total. The van der Waals surface area contributed by atoms with E-state index in [4.69, 9.17) is 5.11 Å². The Labute approximate surface area is 131 Å². The predicted octanol–water partition coefficient (Wildman–Crippen LogP) is 2.37. The summed E-state index contributed by atoms with van der Waals surface area (Å²) in [6, 6.07) is 1.91. The molecule has 7 nitrogen and oxygen atoms in total. The van der Waals surface area contributed by atoms with E-state index in [1.54, 1.807) is 0 Å². The molecule has 0 aromatic heterocycles. The number of carbonyl (C=O) groups is 2. The van der Waals surface area contributed by atoms with Crippen molar-refractivity contribution in [3.05, 3.63) is 39.2 Å². The summed E-state index contributed by atoms with van der Waals surface area (Å²) in [4.78, 5) is 35.1. The molecule has 1 aliphatic rings. The first-order chi connectivity index (χ1) is 10.8. The average Bonchev–Trinajstić information content (AvgIpc) is 2.45. The van der Waals surface area contributed by atoms with Crippen LogP contribution in [0.4, 0.5) is 10.1 Å². The van der Waals surface area contributed by atoms with Gasteiger partial charge in [-0.1, -0.05) is 0 Å². The van der Waals surface area contributed by atoms with E-state index in [0.717, 1.165) is 12.1 Å². The molecular formula is C15H17FN2O5. The average molecular weight is 324 g/mol. The number of hydrogen-bond donors (Lipinski definition) is 1. The maximum Gasteiger partial charge on any atom is 0.303 e. The van der Waals surface area contributed by atoms with Gasteiger partial charge in [0.1, 0.15) is 11.4 Å². The zero-order valence-corrected chi connectivity index (χ0v) is 12.6. The minimum absolute atomic E-state index is 0.0132. The van der Waals surface area contributed by atoms with Gasteiger partial charge in [-0.15, -0.1) is 0 Å². The number of rotatable bonds is 4. The molecule has 1 heterocycles. The van der Waals surface area contributed by atoms with Crippen LogP contribution in [0.25, 0.3) is 0 Å². The molecule has 0 atom stereocenters. The van der Waals surface area contributed by atoms with Crippen LogP contribution in [0, 0.1) is 28.8 Å². The molecule has 1 fully saturated rings. The molecule has 0 unspecified atom stereocenters. The fraction of sp³-hybridized carbons (Fsp3) is 0.467. The lowest BCUT2D eigenvalue weighted by Gasteiger charge is -2.31. The number of nitro benzene ring substituents is 1. The van der Waals surface area contributed by atoms with Crippen LogP contribution in [-0.2, 0) is 4.79 Å². The number of aryl methyl sites for hydroxylation is 1. The summed E-state index contributed by atoms with van der Waals surface area (Å²) < 4.78 is 13.5. The van der Waals surface area contributed by atoms with E-state index in [9.17, 15) is 24.1 Å². The van der Waals surface area contributed by atoms with Crippen LogP contribution in [0.5, 0.6) is 0 Å². The fourth-order valence-corrected chi connectivity index (χ4v) is 2.90. The number of nitrogens with zero attached hydrogens (tertiary/aromatic N) is 2. The summed E-state index contributed by atoms with van der Waals surface area (Å²) in [5.41, 5.74) is -0.549. The molecule has 0 aliphatic carbocycles. The third-order valence-corrected chi connectivity index (χ3v) is 4.04. The highest BCUT2D eigenvalue weighted by atomic mass is 19.1. The van der Waals surface area contributed by atoms with Crippen molar-refractivity contribution < 1.29 is 24.0 Å². The van der Waals surface area contributed by atoms with Gasteiger partial charge in [0.15, 0.2) is 0 Å². The van der Waals surface area contributed by atoms with Gasteiger partial charge in [0.05, 0.1) is 4.92 Å². The molecule has 1 aromatic rings. The minimum atomic E-state index is -0.883. The molecule has 1 amide bonds. The summed E-state index contributed by atoms with van der Waals surface area (Å²) in [6.07, 6.45) is 1.07. The number of carbonyl (C=O) groups excluding carboxylic acids is 1. The second-order valence-electron chi connectivity index (χ2n) is 5.71. The summed E-state index contributed by atoms with van der Waals surface area (Å²) >= 11 is 0. The SMILES string of the molecule is Cc1cc(F)cc(C(=O)N2CCC(CC(=O)O)CC2)c1[N+](=O)[O-]. The highest BCUT2D eigenvalue weighted by molar-refractivity contribution is 5.98. The van der Waals surface area contributed by atoms with Gasteiger partial charge in [-0.3, -0.25) is 19.7 Å². The number of halogens is 1. The lowest BCUT2D eigenvalue weighted by molar-refractivity contribution is -0.385. The lowest BCUT2D eigenvalue weighted by Crippen LogP contribution is -2.39. The van der Waals surface area contributed by atoms with Gasteiger partial charge in [0, 0.05) is 25.1 Å². The topological polar surface area (TPSA) is 101 Å². The van der Waals surface area contributed by atoms with E-state index in [0.29, 0.717) is 25.9 Å². The third kappa shape index (κ3) is 3.82. The van der Waals surface area contributed by atoms with E-state index in [2.05, 4.69) is 0 Å². The first-order valence-electron chi connectivity index (χ1n) is 7.25. The molecule has 1 aliphatic heterocycles. The van der Waals surface area contributed by atoms with E-state index in [1.165, 1.54) is 11.8 Å². The van der Waals surface area contributed by atoms with Crippen molar-refractivity contribution in [2.24, 2.45) is 5.92 Å². The summed E-state index contributed by atoms with van der Waals surface area (Å²) in [7, 11) is 0. The zero-order chi connectivity index (χ0) is 17.1. The molecule has 0 spiro atoms. The molecule has 1 saturated heterocycles. The van der Waals surface area contributed by atoms with Crippen LogP contribution in [-0.4, -0.2) is 39.9 Å². The maximum absolute atomic E-state index is 13.5. The normalized spacial score (nSPS) is 15.5. The Balaban J connectivity index is 2.19. The number of hydrogen-bond acceptors (Lipinski definition) is 4. The quantitative estimate of drug-likeness (QED) is 0.677. The smallest absolute Gasteiger partial charge is 0.303 e. The molecule has 8 heteroatoms. The van der Waals surface area contributed by atoms with Crippen molar-refractivity contribution in [2.75, 3.05) is 13.1 Å². The number of amides is 1. The minimum Gasteiger partial charge on any atom is -0.481 e. The van der Waals surface area contributed by atoms with E-state index in [1.807, 2.05) is 0 Å². The van der Waals surface area contributed by atoms with Crippen LogP contribution in [0.15, 0.2) is 12.1 Å². The Morgan fingerprint density at radius 3 is 2.52 bits per heavy atom. The third-order valence-electron chi connectivity index (χ3n) is 4.04. The fourth-order valence-electron chi connectivity index (χ4n) is 2.90. The van der Waals surface area contributed by atoms with Crippen LogP contribution < -0.4 is 0 Å². The van der Waals surface area contributed by atoms with Crippen molar-refractivity contribution in [1.29, 1.82) is 0 Å². The Kier molecular flexibility index (Phi) is 4.92. The van der Waals surface area contributed by atoms with Crippen molar-refractivity contribution in [3.63, 3.8) is 0 Å². The van der Waals surface area contributed by atoms with Crippen molar-refractivity contribution in [1.82, 2.24) is 4.90 Å². The molecule has 0 saturated carbocycles. The Bertz CT molecular complexity index is 654. The number of benzene rings is 1. The van der Waals surface area contributed by atoms with Crippen molar-refractivity contribution in [3.8, 4) is 0 Å². The number of carboxylic acids is 1. The number of nitro groups is 1. The van der Waals surface area contributed by atoms with E-state index >= 15 is 0 Å². The largest absolute Gasteiger partial charge is 0.481 e. The Morgan fingerprint density at radius 2 is 2.00 bits per heavy atom. The number of carboxylic acid groups (broad SMARTS) is 1. The van der Waals surface area contributed by atoms with Crippen molar-refractivity contribution >= 4 is 17.6 Å². The van der Waals surface area contributed by atoms with Crippen LogP contribution in [0.3, 0.4) is 0 Å². The summed E-state index contributed by atoms with van der Waals surface area (Å²) in [5.74, 6) is -2.18. The highest BCUT2D eigenvalue weighted by Crippen LogP contribution is 2.28. The lowest BCUT2D eigenvalue weighted by atomic mass is 9.93. The molecule has 1 aromatic carbocycles. The first kappa shape index (κ1) is 16.9. The maximum atomic E-state index is 13.5. The molecular weight excluding hydrogens is 307 g/mol. The second kappa shape index (κ2) is 6.72. The first-order valence-corrected chi connectivity index (χ1v) is 7.25. The molecule has 23 heavy (non-hydrogen) atoms. The summed E-state index contributed by atoms with van der Waals surface area (Å²) in [6.45, 7) is 2.00. The van der Waals surface area contributed by atoms with Crippen LogP contribution in [0.2, 0.25) is 0 Å². The van der Waals surface area contributed by atoms with Crippen molar-refractivity contribution in [2.45, 2.75) is 26.2 Å². The van der Waals surface area contributed by atoms with Gasteiger partial charge >= 0.3 is 5.97 Å². The van der Waals surface area contributed by atoms with Gasteiger partial charge in [0.2, 0.25) is 0 Å². The number of piperidine rings is 1. The van der Waals surface area contributed by atoms with Crippen LogP contribution >= 0.6 is 0 Å². The van der Waals surface area contributed by atoms with Gasteiger partial charge in [-0.05, 0) is 37.8 Å². The van der Waals surface area contributed by atoms with E-state index in [-0.39, 0.29) is 29.2 Å². The number of likely N-dealkylation sites (tertiary alicyclic amines) is 1. The van der Waals surface area contributed by atoms with Gasteiger partial charge in [0.25, 0.3) is 11.6 Å². The van der Waals surface area contributed by atoms with Crippen LogP contribution in [0.1, 0.15) is 35.2 Å². The highest BCUT2D eigenvalue weighted by Gasteiger charge is 2.30.